The summed E-state index contributed by atoms with van der Waals surface area (Å²) in [6.07, 6.45) is 7.42. The van der Waals surface area contributed by atoms with Gasteiger partial charge in [0.1, 0.15) is 5.75 Å². The number of carbonyl (C=O) groups is 2. The molecule has 0 bridgehead atoms. The third kappa shape index (κ3) is 3.71. The summed E-state index contributed by atoms with van der Waals surface area (Å²) in [4.78, 5) is 26.4. The predicted octanol–water partition coefficient (Wildman–Crippen LogP) is 3.73. The quantitative estimate of drug-likeness (QED) is 0.895. The number of unbranched alkanes of at least 4 members (excludes halogenated alkanes) is 1. The minimum Gasteiger partial charge on any atom is -0.482 e. The number of rotatable bonds is 5. The van der Waals surface area contributed by atoms with Gasteiger partial charge in [-0.05, 0) is 37.5 Å². The van der Waals surface area contributed by atoms with Gasteiger partial charge < -0.3 is 15.0 Å². The third-order valence-corrected chi connectivity index (χ3v) is 4.88. The summed E-state index contributed by atoms with van der Waals surface area (Å²) in [6, 6.07) is 5.56. The average molecular weight is 330 g/mol. The molecule has 0 atom stereocenters. The number of amides is 2. The summed E-state index contributed by atoms with van der Waals surface area (Å²) < 4.78 is 5.52. The van der Waals surface area contributed by atoms with Gasteiger partial charge in [0.05, 0.1) is 5.69 Å². The van der Waals surface area contributed by atoms with Crippen molar-refractivity contribution in [2.24, 2.45) is 5.92 Å². The Hall–Kier alpha value is -2.04. The standard InChI is InChI=1S/C19H26N2O3/c1-2-3-11-21-16-12-15(9-10-17(16)24-13-18(21)22)20-19(23)14-7-5-4-6-8-14/h9-10,12,14H,2-8,11,13H2,1H3,(H,20,23). The van der Waals surface area contributed by atoms with Crippen molar-refractivity contribution in [1.29, 1.82) is 0 Å². The zero-order valence-corrected chi connectivity index (χ0v) is 14.3. The molecule has 1 saturated carbocycles. The fourth-order valence-corrected chi connectivity index (χ4v) is 3.45. The van der Waals surface area contributed by atoms with Gasteiger partial charge >= 0.3 is 0 Å². The summed E-state index contributed by atoms with van der Waals surface area (Å²) in [5.74, 6) is 0.898. The first-order valence-corrected chi connectivity index (χ1v) is 9.07. The molecule has 24 heavy (non-hydrogen) atoms. The number of carbonyl (C=O) groups excluding carboxylic acids is 2. The molecule has 1 heterocycles. The van der Waals surface area contributed by atoms with Crippen LogP contribution < -0.4 is 15.0 Å². The molecular formula is C19H26N2O3. The van der Waals surface area contributed by atoms with Crippen LogP contribution in [0.4, 0.5) is 11.4 Å². The summed E-state index contributed by atoms with van der Waals surface area (Å²) in [6.45, 7) is 2.88. The monoisotopic (exact) mass is 330 g/mol. The highest BCUT2D eigenvalue weighted by Gasteiger charge is 2.26. The molecule has 5 nitrogen and oxygen atoms in total. The van der Waals surface area contributed by atoms with Gasteiger partial charge in [0.15, 0.2) is 6.61 Å². The Bertz CT molecular complexity index is 609. The van der Waals surface area contributed by atoms with E-state index in [1.165, 1.54) is 6.42 Å². The van der Waals surface area contributed by atoms with E-state index < -0.39 is 0 Å². The average Bonchev–Trinajstić information content (AvgIpc) is 2.61. The first-order chi connectivity index (χ1) is 11.7. The lowest BCUT2D eigenvalue weighted by Crippen LogP contribution is -2.39. The van der Waals surface area contributed by atoms with Crippen molar-refractivity contribution in [3.8, 4) is 5.75 Å². The van der Waals surface area contributed by atoms with Crippen LogP contribution in [0.3, 0.4) is 0 Å². The molecular weight excluding hydrogens is 304 g/mol. The largest absolute Gasteiger partial charge is 0.482 e. The molecule has 1 fully saturated rings. The maximum Gasteiger partial charge on any atom is 0.265 e. The van der Waals surface area contributed by atoms with Gasteiger partial charge in [-0.3, -0.25) is 9.59 Å². The molecule has 130 valence electrons. The van der Waals surface area contributed by atoms with Crippen LogP contribution in [0.1, 0.15) is 51.9 Å². The smallest absolute Gasteiger partial charge is 0.265 e. The Balaban J connectivity index is 1.75. The van der Waals surface area contributed by atoms with Crippen molar-refractivity contribution in [3.63, 3.8) is 0 Å². The molecule has 1 aromatic rings. The van der Waals surface area contributed by atoms with E-state index in [-0.39, 0.29) is 24.3 Å². The minimum absolute atomic E-state index is 0.0216. The molecule has 1 aliphatic heterocycles. The number of benzene rings is 1. The summed E-state index contributed by atoms with van der Waals surface area (Å²) >= 11 is 0. The van der Waals surface area contributed by atoms with E-state index in [0.29, 0.717) is 12.3 Å². The topological polar surface area (TPSA) is 58.6 Å². The molecule has 2 aliphatic rings. The first kappa shape index (κ1) is 16.8. The van der Waals surface area contributed by atoms with E-state index in [4.69, 9.17) is 4.74 Å². The van der Waals surface area contributed by atoms with Crippen molar-refractivity contribution >= 4 is 23.2 Å². The fourth-order valence-electron chi connectivity index (χ4n) is 3.45. The van der Waals surface area contributed by atoms with Crippen LogP contribution in [0, 0.1) is 5.92 Å². The zero-order valence-electron chi connectivity index (χ0n) is 14.3. The lowest BCUT2D eigenvalue weighted by molar-refractivity contribution is -0.121. The first-order valence-electron chi connectivity index (χ1n) is 9.07. The molecule has 0 aromatic heterocycles. The fraction of sp³-hybridized carbons (Fsp3) is 0.579. The highest BCUT2D eigenvalue weighted by Crippen LogP contribution is 2.35. The molecule has 0 radical (unpaired) electrons. The normalized spacial score (nSPS) is 18.0. The molecule has 5 heteroatoms. The number of ether oxygens (including phenoxy) is 1. The van der Waals surface area contributed by atoms with Crippen LogP contribution in [0.25, 0.3) is 0 Å². The van der Waals surface area contributed by atoms with E-state index in [2.05, 4.69) is 12.2 Å². The van der Waals surface area contributed by atoms with Crippen molar-refractivity contribution < 1.29 is 14.3 Å². The number of nitrogens with one attached hydrogen (secondary N) is 1. The Morgan fingerprint density at radius 3 is 2.83 bits per heavy atom. The molecule has 2 amide bonds. The lowest BCUT2D eigenvalue weighted by atomic mass is 9.88. The zero-order chi connectivity index (χ0) is 16.9. The van der Waals surface area contributed by atoms with Crippen LogP contribution in [-0.4, -0.2) is 25.0 Å². The Morgan fingerprint density at radius 2 is 2.08 bits per heavy atom. The van der Waals surface area contributed by atoms with E-state index in [0.717, 1.165) is 49.9 Å². The number of hydrogen-bond acceptors (Lipinski definition) is 3. The second kappa shape index (κ2) is 7.69. The lowest BCUT2D eigenvalue weighted by Gasteiger charge is -2.30. The highest BCUT2D eigenvalue weighted by molar-refractivity contribution is 5.99. The van der Waals surface area contributed by atoms with Gasteiger partial charge in [0.2, 0.25) is 5.91 Å². The number of fused-ring (bicyclic) bond motifs is 1. The second-order valence-electron chi connectivity index (χ2n) is 6.69. The molecule has 1 aliphatic carbocycles. The van der Waals surface area contributed by atoms with Crippen molar-refractivity contribution in [3.05, 3.63) is 18.2 Å². The molecule has 0 unspecified atom stereocenters. The van der Waals surface area contributed by atoms with Gasteiger partial charge in [-0.25, -0.2) is 0 Å². The predicted molar refractivity (Wildman–Crippen MR) is 94.4 cm³/mol. The van der Waals surface area contributed by atoms with E-state index >= 15 is 0 Å². The van der Waals surface area contributed by atoms with Crippen molar-refractivity contribution in [2.45, 2.75) is 51.9 Å². The van der Waals surface area contributed by atoms with Gasteiger partial charge in [0.25, 0.3) is 5.91 Å². The SMILES string of the molecule is CCCCN1C(=O)COc2ccc(NC(=O)C3CCCCC3)cc21. The van der Waals surface area contributed by atoms with Gasteiger partial charge in [-0.15, -0.1) is 0 Å². The van der Waals surface area contributed by atoms with Gasteiger partial charge in [-0.1, -0.05) is 32.6 Å². The highest BCUT2D eigenvalue weighted by atomic mass is 16.5. The van der Waals surface area contributed by atoms with Crippen LogP contribution in [0.5, 0.6) is 5.75 Å². The van der Waals surface area contributed by atoms with Crippen LogP contribution in [0.15, 0.2) is 18.2 Å². The molecule has 0 spiro atoms. The maximum atomic E-state index is 12.4. The van der Waals surface area contributed by atoms with Gasteiger partial charge in [-0.2, -0.15) is 0 Å². The van der Waals surface area contributed by atoms with Crippen LogP contribution in [-0.2, 0) is 9.59 Å². The van der Waals surface area contributed by atoms with Crippen LogP contribution >= 0.6 is 0 Å². The van der Waals surface area contributed by atoms with Gasteiger partial charge in [0, 0.05) is 18.2 Å². The third-order valence-electron chi connectivity index (χ3n) is 4.88. The second-order valence-corrected chi connectivity index (χ2v) is 6.69. The number of nitrogens with zero attached hydrogens (tertiary/aromatic N) is 1. The minimum atomic E-state index is -0.0216. The maximum absolute atomic E-state index is 12.4. The summed E-state index contributed by atoms with van der Waals surface area (Å²) in [5.41, 5.74) is 1.50. The van der Waals surface area contributed by atoms with Crippen molar-refractivity contribution in [2.75, 3.05) is 23.4 Å². The molecule has 0 saturated heterocycles. The van der Waals surface area contributed by atoms with E-state index in [1.807, 2.05) is 18.2 Å². The molecule has 1 aromatic carbocycles. The number of anilines is 2. The summed E-state index contributed by atoms with van der Waals surface area (Å²) in [5, 5.41) is 3.02. The van der Waals surface area contributed by atoms with Crippen LogP contribution in [0.2, 0.25) is 0 Å². The van der Waals surface area contributed by atoms with E-state index in [9.17, 15) is 9.59 Å². The summed E-state index contributed by atoms with van der Waals surface area (Å²) in [7, 11) is 0. The van der Waals surface area contributed by atoms with E-state index in [1.54, 1.807) is 4.90 Å². The number of hydrogen-bond donors (Lipinski definition) is 1. The Morgan fingerprint density at radius 1 is 1.29 bits per heavy atom. The molecule has 3 rings (SSSR count). The Kier molecular flexibility index (Phi) is 5.38. The van der Waals surface area contributed by atoms with Crippen molar-refractivity contribution in [1.82, 2.24) is 0 Å². The molecule has 1 N–H and O–H groups in total. The Labute approximate surface area is 143 Å².